The van der Waals surface area contributed by atoms with E-state index in [1.807, 2.05) is 13.1 Å². The topological polar surface area (TPSA) is 52.5 Å². The molecule has 0 aliphatic carbocycles. The average Bonchev–Trinajstić information content (AvgIpc) is 2.60. The van der Waals surface area contributed by atoms with Gasteiger partial charge in [0.2, 0.25) is 0 Å². The van der Waals surface area contributed by atoms with E-state index in [4.69, 9.17) is 0 Å². The summed E-state index contributed by atoms with van der Waals surface area (Å²) in [6.07, 6.45) is 1.05. The maximum atomic E-state index is 14.0. The predicted octanol–water partition coefficient (Wildman–Crippen LogP) is 3.97. The molecule has 2 atom stereocenters. The van der Waals surface area contributed by atoms with Crippen LogP contribution >= 0.6 is 12.4 Å². The van der Waals surface area contributed by atoms with Crippen LogP contribution in [0.15, 0.2) is 30.3 Å². The van der Waals surface area contributed by atoms with Gasteiger partial charge in [-0.3, -0.25) is 0 Å². The van der Waals surface area contributed by atoms with Crippen LogP contribution in [0.4, 0.5) is 10.2 Å². The van der Waals surface area contributed by atoms with Gasteiger partial charge in [-0.15, -0.1) is 22.6 Å². The first kappa shape index (κ1) is 21.4. The van der Waals surface area contributed by atoms with Crippen LogP contribution in [0.3, 0.4) is 0 Å². The molecule has 1 N–H and O–H groups in total. The van der Waals surface area contributed by atoms with Crippen molar-refractivity contribution in [3.05, 3.63) is 36.1 Å². The molecule has 7 heteroatoms. The third-order valence-corrected chi connectivity index (χ3v) is 6.19. The first-order valence-corrected chi connectivity index (χ1v) is 8.99. The summed E-state index contributed by atoms with van der Waals surface area (Å²) in [6, 6.07) is 8.12. The highest BCUT2D eigenvalue weighted by Gasteiger charge is 2.41. The second kappa shape index (κ2) is 7.98. The molecule has 2 heterocycles. The minimum Gasteiger partial charge on any atom is -0.507 e. The Morgan fingerprint density at radius 1 is 1.22 bits per heavy atom. The molecule has 2 aromatic rings. The number of likely N-dealkylation sites (tertiary alicyclic amines) is 1. The summed E-state index contributed by atoms with van der Waals surface area (Å²) in [5.41, 5.74) is 0.515. The number of aromatic hydroxyl groups is 1. The molecule has 1 saturated heterocycles. The highest BCUT2D eigenvalue weighted by molar-refractivity contribution is 5.85. The molecule has 1 aromatic carbocycles. The summed E-state index contributed by atoms with van der Waals surface area (Å²) in [7, 11) is 4.20. The van der Waals surface area contributed by atoms with E-state index in [1.54, 1.807) is 6.07 Å². The maximum Gasteiger partial charge on any atom is 0.151 e. The van der Waals surface area contributed by atoms with Gasteiger partial charge in [0, 0.05) is 25.2 Å². The fourth-order valence-corrected chi connectivity index (χ4v) is 3.79. The van der Waals surface area contributed by atoms with E-state index < -0.39 is 5.82 Å². The summed E-state index contributed by atoms with van der Waals surface area (Å²) >= 11 is 0. The van der Waals surface area contributed by atoms with E-state index in [2.05, 4.69) is 47.8 Å². The average molecular weight is 395 g/mol. The molecule has 0 radical (unpaired) electrons. The Morgan fingerprint density at radius 3 is 2.52 bits per heavy atom. The fraction of sp³-hybridized carbons (Fsp3) is 0.500. The molecule has 148 valence electrons. The highest BCUT2D eigenvalue weighted by Crippen LogP contribution is 2.36. The van der Waals surface area contributed by atoms with Crippen LogP contribution in [0.1, 0.15) is 27.2 Å². The van der Waals surface area contributed by atoms with Gasteiger partial charge in [0.25, 0.3) is 0 Å². The Hall–Kier alpha value is -1.92. The number of hydrogen-bond donors (Lipinski definition) is 1. The smallest absolute Gasteiger partial charge is 0.151 e. The minimum absolute atomic E-state index is 0. The molecule has 5 nitrogen and oxygen atoms in total. The normalized spacial score (nSPS) is 22.1. The van der Waals surface area contributed by atoms with Crippen molar-refractivity contribution in [3.8, 4) is 17.0 Å². The molecular formula is C20H28ClFN4O. The first-order chi connectivity index (χ1) is 12.2. The second-order valence-corrected chi connectivity index (χ2v) is 7.74. The van der Waals surface area contributed by atoms with Crippen molar-refractivity contribution in [2.75, 3.05) is 25.5 Å². The van der Waals surface area contributed by atoms with Gasteiger partial charge < -0.3 is 14.9 Å². The third kappa shape index (κ3) is 3.87. The van der Waals surface area contributed by atoms with E-state index in [1.165, 1.54) is 18.2 Å². The van der Waals surface area contributed by atoms with E-state index in [-0.39, 0.29) is 29.3 Å². The lowest BCUT2D eigenvalue weighted by atomic mass is 9.77. The summed E-state index contributed by atoms with van der Waals surface area (Å²) in [5.74, 6) is 0.558. The third-order valence-electron chi connectivity index (χ3n) is 6.19. The molecule has 0 saturated carbocycles. The number of rotatable bonds is 3. The molecule has 0 bridgehead atoms. The van der Waals surface area contributed by atoms with Crippen LogP contribution in [0, 0.1) is 11.7 Å². The number of halogens is 2. The Morgan fingerprint density at radius 2 is 1.93 bits per heavy atom. The van der Waals surface area contributed by atoms with Crippen molar-refractivity contribution in [2.24, 2.45) is 5.92 Å². The zero-order valence-electron chi connectivity index (χ0n) is 16.5. The lowest BCUT2D eigenvalue weighted by Crippen LogP contribution is -2.59. The first-order valence-electron chi connectivity index (χ1n) is 8.99. The van der Waals surface area contributed by atoms with Gasteiger partial charge in [-0.2, -0.15) is 0 Å². The zero-order chi connectivity index (χ0) is 19.1. The molecule has 27 heavy (non-hydrogen) atoms. The predicted molar refractivity (Wildman–Crippen MR) is 109 cm³/mol. The van der Waals surface area contributed by atoms with Crippen molar-refractivity contribution in [1.82, 2.24) is 15.1 Å². The van der Waals surface area contributed by atoms with E-state index in [0.29, 0.717) is 17.7 Å². The van der Waals surface area contributed by atoms with Crippen molar-refractivity contribution >= 4 is 18.2 Å². The molecule has 1 aliphatic rings. The van der Waals surface area contributed by atoms with Gasteiger partial charge in [0.05, 0.1) is 11.3 Å². The summed E-state index contributed by atoms with van der Waals surface area (Å²) in [5, 5.41) is 18.4. The lowest BCUT2D eigenvalue weighted by molar-refractivity contribution is 0.0391. The molecule has 2 unspecified atom stereocenters. The molecule has 1 aromatic heterocycles. The largest absolute Gasteiger partial charge is 0.507 e. The summed E-state index contributed by atoms with van der Waals surface area (Å²) in [6.45, 7) is 7.85. The number of phenolic OH excluding ortho intramolecular Hbond substituents is 1. The Bertz CT molecular complexity index is 764. The van der Waals surface area contributed by atoms with Gasteiger partial charge in [-0.05, 0) is 57.5 Å². The van der Waals surface area contributed by atoms with Crippen molar-refractivity contribution in [1.29, 1.82) is 0 Å². The molecule has 0 spiro atoms. The lowest BCUT2D eigenvalue weighted by Gasteiger charge is -2.51. The van der Waals surface area contributed by atoms with Crippen LogP contribution in [-0.2, 0) is 0 Å². The van der Waals surface area contributed by atoms with E-state index in [9.17, 15) is 9.50 Å². The molecule has 0 amide bonds. The molecule has 1 fully saturated rings. The Kier molecular flexibility index (Phi) is 6.32. The fourth-order valence-electron chi connectivity index (χ4n) is 3.79. The number of anilines is 1. The van der Waals surface area contributed by atoms with Crippen LogP contribution in [0.5, 0.6) is 5.75 Å². The van der Waals surface area contributed by atoms with Crippen LogP contribution < -0.4 is 4.90 Å². The minimum atomic E-state index is -0.508. The van der Waals surface area contributed by atoms with E-state index >= 15 is 0 Å². The van der Waals surface area contributed by atoms with Gasteiger partial charge in [-0.1, -0.05) is 13.0 Å². The zero-order valence-corrected chi connectivity index (χ0v) is 17.3. The van der Waals surface area contributed by atoms with Crippen LogP contribution in [0.25, 0.3) is 11.3 Å². The van der Waals surface area contributed by atoms with Gasteiger partial charge >= 0.3 is 0 Å². The quantitative estimate of drug-likeness (QED) is 0.853. The number of piperidine rings is 1. The van der Waals surface area contributed by atoms with Gasteiger partial charge in [-0.25, -0.2) is 4.39 Å². The number of nitrogens with zero attached hydrogens (tertiary/aromatic N) is 4. The Labute approximate surface area is 166 Å². The number of phenols is 1. The van der Waals surface area contributed by atoms with Crippen molar-refractivity contribution < 1.29 is 9.50 Å². The molecule has 1 aliphatic heterocycles. The SMILES string of the molecule is CC1C(N(C)c2ccc(-c3c(O)cccc3F)nn2)CCN(C)C1(C)C.Cl. The van der Waals surface area contributed by atoms with Gasteiger partial charge in [0.15, 0.2) is 5.82 Å². The second-order valence-electron chi connectivity index (χ2n) is 7.74. The summed E-state index contributed by atoms with van der Waals surface area (Å²) in [4.78, 5) is 4.56. The Balaban J connectivity index is 0.00000261. The highest BCUT2D eigenvalue weighted by atomic mass is 35.5. The van der Waals surface area contributed by atoms with Crippen molar-refractivity contribution in [2.45, 2.75) is 38.8 Å². The van der Waals surface area contributed by atoms with Crippen LogP contribution in [0.2, 0.25) is 0 Å². The van der Waals surface area contributed by atoms with Crippen LogP contribution in [-0.4, -0.2) is 52.4 Å². The molecular weight excluding hydrogens is 367 g/mol. The number of aromatic nitrogens is 2. The number of benzene rings is 1. The number of hydrogen-bond acceptors (Lipinski definition) is 5. The van der Waals surface area contributed by atoms with E-state index in [0.717, 1.165) is 18.8 Å². The monoisotopic (exact) mass is 394 g/mol. The summed E-state index contributed by atoms with van der Waals surface area (Å²) < 4.78 is 14.0. The van der Waals surface area contributed by atoms with Crippen molar-refractivity contribution in [3.63, 3.8) is 0 Å². The van der Waals surface area contributed by atoms with Gasteiger partial charge in [0.1, 0.15) is 11.6 Å². The molecule has 3 rings (SSSR count). The maximum absolute atomic E-state index is 14.0. The standard InChI is InChI=1S/C20H27FN4O.ClH/c1-13-16(11-12-24(4)20(13,2)3)25(5)18-10-9-15(22-23-18)19-14(21)7-6-8-17(19)26;/h6-10,13,16,26H,11-12H2,1-5H3;1H.